The second kappa shape index (κ2) is 7.49. The highest BCUT2D eigenvalue weighted by atomic mass is 32.2. The van der Waals surface area contributed by atoms with Crippen LogP contribution < -0.4 is 4.72 Å². The Morgan fingerprint density at radius 1 is 1.08 bits per heavy atom. The molecule has 0 bridgehead atoms. The molecule has 0 fully saturated rings. The summed E-state index contributed by atoms with van der Waals surface area (Å²) in [5.74, 6) is -0.351. The van der Waals surface area contributed by atoms with Crippen LogP contribution >= 0.6 is 0 Å². The highest BCUT2D eigenvalue weighted by Gasteiger charge is 2.19. The van der Waals surface area contributed by atoms with E-state index < -0.39 is 16.0 Å². The molecular formula is C18H21NO4S. The minimum absolute atomic E-state index is 0.137. The molecule has 2 aromatic rings. The lowest BCUT2D eigenvalue weighted by Gasteiger charge is -2.13. The second-order valence-corrected chi connectivity index (χ2v) is 7.64. The minimum Gasteiger partial charge on any atom is -0.462 e. The van der Waals surface area contributed by atoms with Gasteiger partial charge in [0, 0.05) is 0 Å². The van der Waals surface area contributed by atoms with Crippen molar-refractivity contribution in [2.24, 2.45) is 5.92 Å². The summed E-state index contributed by atoms with van der Waals surface area (Å²) in [4.78, 5) is 12.3. The topological polar surface area (TPSA) is 72.5 Å². The van der Waals surface area contributed by atoms with Crippen molar-refractivity contribution in [1.82, 2.24) is 0 Å². The Morgan fingerprint density at radius 2 is 1.71 bits per heavy atom. The summed E-state index contributed by atoms with van der Waals surface area (Å²) in [6, 6.07) is 12.9. The van der Waals surface area contributed by atoms with Crippen LogP contribution in [0.25, 0.3) is 0 Å². The molecule has 0 unspecified atom stereocenters. The average molecular weight is 347 g/mol. The Morgan fingerprint density at radius 3 is 2.33 bits per heavy atom. The number of benzene rings is 2. The van der Waals surface area contributed by atoms with Gasteiger partial charge < -0.3 is 4.74 Å². The molecule has 6 heteroatoms. The number of rotatable bonds is 6. The van der Waals surface area contributed by atoms with Gasteiger partial charge in [-0.15, -0.1) is 0 Å². The first-order valence-electron chi connectivity index (χ1n) is 7.65. The molecule has 2 aromatic carbocycles. The fourth-order valence-electron chi connectivity index (χ4n) is 1.99. The third-order valence-corrected chi connectivity index (χ3v) is 4.65. The monoisotopic (exact) mass is 347 g/mol. The van der Waals surface area contributed by atoms with Gasteiger partial charge in [-0.05, 0) is 37.1 Å². The van der Waals surface area contributed by atoms with Gasteiger partial charge in [0.05, 0.1) is 22.8 Å². The predicted molar refractivity (Wildman–Crippen MR) is 93.6 cm³/mol. The number of carbonyl (C=O) groups is 1. The smallest absolute Gasteiger partial charge is 0.340 e. The Labute approximate surface area is 142 Å². The number of aryl methyl sites for hydroxylation is 1. The zero-order valence-corrected chi connectivity index (χ0v) is 14.8. The zero-order valence-electron chi connectivity index (χ0n) is 13.9. The van der Waals surface area contributed by atoms with E-state index in [9.17, 15) is 13.2 Å². The van der Waals surface area contributed by atoms with Gasteiger partial charge in [-0.25, -0.2) is 13.2 Å². The molecule has 1 N–H and O–H groups in total. The van der Waals surface area contributed by atoms with Crippen molar-refractivity contribution in [3.63, 3.8) is 0 Å². The van der Waals surface area contributed by atoms with Crippen molar-refractivity contribution >= 4 is 21.7 Å². The van der Waals surface area contributed by atoms with E-state index in [4.69, 9.17) is 4.74 Å². The molecule has 5 nitrogen and oxygen atoms in total. The van der Waals surface area contributed by atoms with E-state index in [2.05, 4.69) is 4.72 Å². The number of sulfonamides is 1. The summed E-state index contributed by atoms with van der Waals surface area (Å²) in [5, 5.41) is 0. The molecular weight excluding hydrogens is 326 g/mol. The molecule has 0 atom stereocenters. The van der Waals surface area contributed by atoms with Crippen molar-refractivity contribution in [3.8, 4) is 0 Å². The van der Waals surface area contributed by atoms with Crippen LogP contribution in [0, 0.1) is 12.8 Å². The number of ether oxygens (including phenoxy) is 1. The third-order valence-electron chi connectivity index (χ3n) is 3.27. The molecule has 0 saturated heterocycles. The van der Waals surface area contributed by atoms with Gasteiger partial charge in [0.15, 0.2) is 0 Å². The molecule has 128 valence electrons. The number of anilines is 1. The second-order valence-electron chi connectivity index (χ2n) is 5.96. The Balaban J connectivity index is 2.26. The fraction of sp³-hybridized carbons (Fsp3) is 0.278. The standard InChI is InChI=1S/C18H21NO4S/c1-13(2)12-23-18(20)16-6-4-5-7-17(16)19-24(21,22)15-10-8-14(3)9-11-15/h4-11,13,19H,12H2,1-3H3. The summed E-state index contributed by atoms with van der Waals surface area (Å²) in [5.41, 5.74) is 1.35. The van der Waals surface area contributed by atoms with Gasteiger partial charge in [-0.2, -0.15) is 0 Å². The van der Waals surface area contributed by atoms with E-state index in [0.29, 0.717) is 0 Å². The minimum atomic E-state index is -3.78. The Kier molecular flexibility index (Phi) is 5.62. The third kappa shape index (κ3) is 4.58. The lowest BCUT2D eigenvalue weighted by atomic mass is 10.2. The fourth-order valence-corrected chi connectivity index (χ4v) is 3.07. The Bertz CT molecular complexity index is 811. The molecule has 0 aromatic heterocycles. The van der Waals surface area contributed by atoms with Crippen LogP contribution in [0.5, 0.6) is 0 Å². The first-order valence-corrected chi connectivity index (χ1v) is 9.13. The van der Waals surface area contributed by atoms with Crippen LogP contribution in [-0.2, 0) is 14.8 Å². The van der Waals surface area contributed by atoms with Gasteiger partial charge in [0.25, 0.3) is 10.0 Å². The highest BCUT2D eigenvalue weighted by molar-refractivity contribution is 7.92. The first kappa shape index (κ1) is 18.0. The van der Waals surface area contributed by atoms with Crippen molar-refractivity contribution in [3.05, 3.63) is 59.7 Å². The molecule has 2 rings (SSSR count). The van der Waals surface area contributed by atoms with Crippen LogP contribution in [0.3, 0.4) is 0 Å². The number of esters is 1. The molecule has 0 heterocycles. The van der Waals surface area contributed by atoms with Crippen molar-refractivity contribution in [1.29, 1.82) is 0 Å². The van der Waals surface area contributed by atoms with E-state index >= 15 is 0 Å². The number of nitrogens with one attached hydrogen (secondary N) is 1. The lowest BCUT2D eigenvalue weighted by Crippen LogP contribution is -2.17. The van der Waals surface area contributed by atoms with Crippen molar-refractivity contribution in [2.45, 2.75) is 25.7 Å². The van der Waals surface area contributed by atoms with Crippen LogP contribution in [0.15, 0.2) is 53.4 Å². The van der Waals surface area contributed by atoms with E-state index in [1.54, 1.807) is 24.3 Å². The number of hydrogen-bond donors (Lipinski definition) is 1. The lowest BCUT2D eigenvalue weighted by molar-refractivity contribution is 0.0460. The molecule has 0 amide bonds. The van der Waals surface area contributed by atoms with E-state index in [0.717, 1.165) is 5.56 Å². The number of hydrogen-bond acceptors (Lipinski definition) is 4. The van der Waals surface area contributed by atoms with Gasteiger partial charge in [-0.1, -0.05) is 43.7 Å². The van der Waals surface area contributed by atoms with Gasteiger partial charge in [0.1, 0.15) is 0 Å². The molecule has 0 aliphatic heterocycles. The first-order chi connectivity index (χ1) is 11.3. The maximum Gasteiger partial charge on any atom is 0.340 e. The van der Waals surface area contributed by atoms with E-state index in [-0.39, 0.29) is 28.7 Å². The molecule has 0 spiro atoms. The van der Waals surface area contributed by atoms with E-state index in [1.165, 1.54) is 24.3 Å². The largest absolute Gasteiger partial charge is 0.462 e. The van der Waals surface area contributed by atoms with Crippen LogP contribution in [0.2, 0.25) is 0 Å². The van der Waals surface area contributed by atoms with Crippen LogP contribution in [0.1, 0.15) is 29.8 Å². The molecule has 24 heavy (non-hydrogen) atoms. The van der Waals surface area contributed by atoms with Crippen molar-refractivity contribution < 1.29 is 17.9 Å². The van der Waals surface area contributed by atoms with Gasteiger partial charge in [-0.3, -0.25) is 4.72 Å². The SMILES string of the molecule is Cc1ccc(S(=O)(=O)Nc2ccccc2C(=O)OCC(C)C)cc1. The number of para-hydroxylation sites is 1. The molecule has 0 aliphatic carbocycles. The summed E-state index contributed by atoms with van der Waals surface area (Å²) >= 11 is 0. The van der Waals surface area contributed by atoms with E-state index in [1.807, 2.05) is 20.8 Å². The molecule has 0 saturated carbocycles. The van der Waals surface area contributed by atoms with Gasteiger partial charge >= 0.3 is 5.97 Å². The highest BCUT2D eigenvalue weighted by Crippen LogP contribution is 2.21. The Hall–Kier alpha value is -2.34. The normalized spacial score (nSPS) is 11.3. The number of carbonyl (C=O) groups excluding carboxylic acids is 1. The quantitative estimate of drug-likeness (QED) is 0.810. The summed E-state index contributed by atoms with van der Waals surface area (Å²) in [7, 11) is -3.78. The average Bonchev–Trinajstić information content (AvgIpc) is 2.53. The van der Waals surface area contributed by atoms with Crippen LogP contribution in [0.4, 0.5) is 5.69 Å². The van der Waals surface area contributed by atoms with Crippen molar-refractivity contribution in [2.75, 3.05) is 11.3 Å². The molecule has 0 radical (unpaired) electrons. The summed E-state index contributed by atoms with van der Waals surface area (Å²) in [6.07, 6.45) is 0. The predicted octanol–water partition coefficient (Wildman–Crippen LogP) is 3.61. The zero-order chi connectivity index (χ0) is 17.7. The maximum absolute atomic E-state index is 12.5. The summed E-state index contributed by atoms with van der Waals surface area (Å²) in [6.45, 7) is 6.01. The van der Waals surface area contributed by atoms with Crippen LogP contribution in [-0.4, -0.2) is 21.0 Å². The maximum atomic E-state index is 12.5. The van der Waals surface area contributed by atoms with Gasteiger partial charge in [0.2, 0.25) is 0 Å². The summed E-state index contributed by atoms with van der Waals surface area (Å²) < 4.78 is 32.6. The molecule has 0 aliphatic rings.